The van der Waals surface area contributed by atoms with E-state index in [4.69, 9.17) is 5.10 Å². The molecule has 2 aliphatic rings. The zero-order chi connectivity index (χ0) is 22.1. The molecule has 1 aliphatic carbocycles. The van der Waals surface area contributed by atoms with Crippen LogP contribution < -0.4 is 0 Å². The van der Waals surface area contributed by atoms with Crippen molar-refractivity contribution in [3.05, 3.63) is 107 Å². The van der Waals surface area contributed by atoms with Gasteiger partial charge in [0.1, 0.15) is 11.6 Å². The Morgan fingerprint density at radius 3 is 2.41 bits per heavy atom. The van der Waals surface area contributed by atoms with Crippen LogP contribution in [0.5, 0.6) is 0 Å². The molecule has 160 valence electrons. The highest BCUT2D eigenvalue weighted by molar-refractivity contribution is 6.09. The van der Waals surface area contributed by atoms with Crippen LogP contribution in [0.1, 0.15) is 46.8 Å². The summed E-state index contributed by atoms with van der Waals surface area (Å²) >= 11 is 0. The number of amides is 1. The topological polar surface area (TPSA) is 45.6 Å². The Kier molecular flexibility index (Phi) is 5.35. The van der Waals surface area contributed by atoms with Crippen LogP contribution in [0.15, 0.2) is 83.7 Å². The SMILES string of the molecule is O=C(c1cccnc1)N1N=C2/C(=C/c3ccc(F)cc3)CCC[C@@H]2[C@H]1c1ccc(F)cc1. The van der Waals surface area contributed by atoms with Gasteiger partial charge in [0, 0.05) is 18.3 Å². The van der Waals surface area contributed by atoms with E-state index in [0.29, 0.717) is 5.56 Å². The first kappa shape index (κ1) is 20.2. The molecular weight excluding hydrogens is 408 g/mol. The number of hydrogen-bond donors (Lipinski definition) is 0. The summed E-state index contributed by atoms with van der Waals surface area (Å²) in [5, 5.41) is 6.32. The number of hydrazone groups is 1. The van der Waals surface area contributed by atoms with Crippen LogP contribution in [0.4, 0.5) is 8.78 Å². The van der Waals surface area contributed by atoms with Crippen LogP contribution in [-0.2, 0) is 0 Å². The third-order valence-electron chi connectivity index (χ3n) is 6.04. The van der Waals surface area contributed by atoms with E-state index in [9.17, 15) is 13.6 Å². The molecule has 1 saturated carbocycles. The van der Waals surface area contributed by atoms with Gasteiger partial charge in [-0.1, -0.05) is 24.3 Å². The van der Waals surface area contributed by atoms with Crippen molar-refractivity contribution in [2.75, 3.05) is 0 Å². The summed E-state index contributed by atoms with van der Waals surface area (Å²) in [6, 6.07) is 15.7. The molecule has 0 bridgehead atoms. The van der Waals surface area contributed by atoms with E-state index in [-0.39, 0.29) is 29.5 Å². The lowest BCUT2D eigenvalue weighted by molar-refractivity contribution is 0.0680. The summed E-state index contributed by atoms with van der Waals surface area (Å²) in [7, 11) is 0. The molecular formula is C26H21F2N3O. The molecule has 5 rings (SSSR count). The van der Waals surface area contributed by atoms with Gasteiger partial charge in [0.2, 0.25) is 0 Å². The lowest BCUT2D eigenvalue weighted by Gasteiger charge is -2.29. The normalized spacial score (nSPS) is 21.4. The van der Waals surface area contributed by atoms with Crippen molar-refractivity contribution in [1.82, 2.24) is 9.99 Å². The molecule has 0 saturated heterocycles. The average Bonchev–Trinajstić information content (AvgIpc) is 3.22. The van der Waals surface area contributed by atoms with Crippen LogP contribution in [0.25, 0.3) is 6.08 Å². The Morgan fingerprint density at radius 1 is 1.00 bits per heavy atom. The molecule has 4 nitrogen and oxygen atoms in total. The number of pyridine rings is 1. The van der Waals surface area contributed by atoms with E-state index < -0.39 is 0 Å². The monoisotopic (exact) mass is 429 g/mol. The Labute approximate surface area is 184 Å². The standard InChI is InChI=1S/C26H21F2N3O/c27-21-10-6-17(7-11-21)15-19-3-1-5-23-24(19)30-31(26(32)20-4-2-14-29-16-20)25(23)18-8-12-22(28)13-9-18/h2,4,6-16,23,25H,1,3,5H2/b19-15+/t23-,25+/m0/s1. The van der Waals surface area contributed by atoms with Gasteiger partial charge in [-0.05, 0) is 78.4 Å². The predicted octanol–water partition coefficient (Wildman–Crippen LogP) is 5.80. The number of benzene rings is 2. The number of fused-ring (bicyclic) bond motifs is 1. The molecule has 1 aromatic heterocycles. The number of aromatic nitrogens is 1. The lowest BCUT2D eigenvalue weighted by atomic mass is 9.77. The molecule has 1 amide bonds. The highest BCUT2D eigenvalue weighted by Crippen LogP contribution is 2.44. The highest BCUT2D eigenvalue weighted by Gasteiger charge is 2.44. The minimum Gasteiger partial charge on any atom is -0.267 e. The smallest absolute Gasteiger partial charge is 0.267 e. The van der Waals surface area contributed by atoms with Gasteiger partial charge in [0.15, 0.2) is 0 Å². The minimum atomic E-state index is -0.324. The fourth-order valence-corrected chi connectivity index (χ4v) is 4.54. The van der Waals surface area contributed by atoms with Crippen molar-refractivity contribution in [1.29, 1.82) is 0 Å². The van der Waals surface area contributed by atoms with Gasteiger partial charge in [-0.2, -0.15) is 5.10 Å². The van der Waals surface area contributed by atoms with Gasteiger partial charge in [0.25, 0.3) is 5.91 Å². The Hall–Kier alpha value is -3.67. The largest absolute Gasteiger partial charge is 0.276 e. The molecule has 6 heteroatoms. The Morgan fingerprint density at radius 2 is 1.72 bits per heavy atom. The molecule has 3 aromatic rings. The van der Waals surface area contributed by atoms with E-state index in [1.54, 1.807) is 42.6 Å². The Balaban J connectivity index is 1.57. The maximum absolute atomic E-state index is 13.6. The van der Waals surface area contributed by atoms with Crippen molar-refractivity contribution in [2.24, 2.45) is 11.0 Å². The molecule has 0 radical (unpaired) electrons. The molecule has 1 fully saturated rings. The number of allylic oxidation sites excluding steroid dienone is 1. The van der Waals surface area contributed by atoms with E-state index in [1.165, 1.54) is 35.5 Å². The van der Waals surface area contributed by atoms with Crippen LogP contribution in [-0.4, -0.2) is 21.6 Å². The third kappa shape index (κ3) is 3.84. The van der Waals surface area contributed by atoms with Crippen molar-refractivity contribution in [3.63, 3.8) is 0 Å². The van der Waals surface area contributed by atoms with Gasteiger partial charge < -0.3 is 0 Å². The second-order valence-corrected chi connectivity index (χ2v) is 8.09. The van der Waals surface area contributed by atoms with Crippen LogP contribution in [0.3, 0.4) is 0 Å². The predicted molar refractivity (Wildman–Crippen MR) is 119 cm³/mol. The molecule has 1 aliphatic heterocycles. The molecule has 0 unspecified atom stereocenters. The van der Waals surface area contributed by atoms with Gasteiger partial charge in [0.05, 0.1) is 17.3 Å². The van der Waals surface area contributed by atoms with E-state index in [2.05, 4.69) is 4.98 Å². The van der Waals surface area contributed by atoms with Crippen LogP contribution in [0.2, 0.25) is 0 Å². The first-order valence-corrected chi connectivity index (χ1v) is 10.6. The number of rotatable bonds is 3. The average molecular weight is 429 g/mol. The van der Waals surface area contributed by atoms with Gasteiger partial charge in [-0.15, -0.1) is 0 Å². The van der Waals surface area contributed by atoms with Gasteiger partial charge in [-0.3, -0.25) is 9.78 Å². The van der Waals surface area contributed by atoms with Crippen molar-refractivity contribution < 1.29 is 13.6 Å². The quantitative estimate of drug-likeness (QED) is 0.529. The number of carbonyl (C=O) groups excluding carboxylic acids is 1. The molecule has 0 N–H and O–H groups in total. The van der Waals surface area contributed by atoms with E-state index >= 15 is 0 Å². The minimum absolute atomic E-state index is 0.00142. The molecule has 32 heavy (non-hydrogen) atoms. The summed E-state index contributed by atoms with van der Waals surface area (Å²) < 4.78 is 26.9. The van der Waals surface area contributed by atoms with E-state index in [1.807, 2.05) is 6.08 Å². The van der Waals surface area contributed by atoms with Crippen LogP contribution >= 0.6 is 0 Å². The fourth-order valence-electron chi connectivity index (χ4n) is 4.54. The summed E-state index contributed by atoms with van der Waals surface area (Å²) in [5.41, 5.74) is 4.09. The number of halogens is 2. The first-order valence-electron chi connectivity index (χ1n) is 10.6. The summed E-state index contributed by atoms with van der Waals surface area (Å²) in [6.07, 6.45) is 7.82. The molecule has 2 aromatic carbocycles. The number of hydrogen-bond acceptors (Lipinski definition) is 3. The molecule has 2 heterocycles. The van der Waals surface area contributed by atoms with E-state index in [0.717, 1.165) is 41.7 Å². The first-order chi connectivity index (χ1) is 15.6. The second kappa shape index (κ2) is 8.46. The van der Waals surface area contributed by atoms with Crippen molar-refractivity contribution >= 4 is 17.7 Å². The summed E-state index contributed by atoms with van der Waals surface area (Å²) in [6.45, 7) is 0. The van der Waals surface area contributed by atoms with Crippen molar-refractivity contribution in [2.45, 2.75) is 25.3 Å². The fraction of sp³-hybridized carbons (Fsp3) is 0.192. The molecule has 0 spiro atoms. The van der Waals surface area contributed by atoms with Crippen LogP contribution in [0, 0.1) is 17.6 Å². The zero-order valence-electron chi connectivity index (χ0n) is 17.3. The maximum Gasteiger partial charge on any atom is 0.276 e. The number of nitrogens with zero attached hydrogens (tertiary/aromatic N) is 3. The summed E-state index contributed by atoms with van der Waals surface area (Å²) in [5.74, 6) is -0.841. The van der Waals surface area contributed by atoms with Crippen molar-refractivity contribution in [3.8, 4) is 0 Å². The van der Waals surface area contributed by atoms with Gasteiger partial charge >= 0.3 is 0 Å². The lowest BCUT2D eigenvalue weighted by Crippen LogP contribution is -2.32. The Bertz CT molecular complexity index is 1190. The maximum atomic E-state index is 13.6. The second-order valence-electron chi connectivity index (χ2n) is 8.09. The summed E-state index contributed by atoms with van der Waals surface area (Å²) in [4.78, 5) is 17.5. The van der Waals surface area contributed by atoms with Gasteiger partial charge in [-0.25, -0.2) is 13.8 Å². The highest BCUT2D eigenvalue weighted by atomic mass is 19.1. The number of carbonyl (C=O) groups is 1. The third-order valence-corrected chi connectivity index (χ3v) is 6.04. The molecule has 2 atom stereocenters. The zero-order valence-corrected chi connectivity index (χ0v) is 17.3.